The Hall–Kier alpha value is -5.60. The minimum absolute atomic E-state index is 0.183. The van der Waals surface area contributed by atoms with E-state index >= 15 is 0 Å². The summed E-state index contributed by atoms with van der Waals surface area (Å²) in [6.45, 7) is 2.88. The van der Waals surface area contributed by atoms with Gasteiger partial charge in [0.2, 0.25) is 0 Å². The van der Waals surface area contributed by atoms with Crippen molar-refractivity contribution in [3.05, 3.63) is 161 Å². The molecule has 0 saturated carbocycles. The number of anilines is 1. The van der Waals surface area contributed by atoms with Crippen molar-refractivity contribution in [3.8, 4) is 0 Å². The number of urea groups is 1. The van der Waals surface area contributed by atoms with E-state index in [0.717, 1.165) is 22.3 Å². The van der Waals surface area contributed by atoms with Crippen LogP contribution in [0.25, 0.3) is 10.9 Å². The topological polar surface area (TPSA) is 109 Å². The van der Waals surface area contributed by atoms with Crippen molar-refractivity contribution in [2.75, 3.05) is 5.32 Å². The summed E-state index contributed by atoms with van der Waals surface area (Å²) in [5.74, 6) is -0.0582. The molecule has 0 unspecified atom stereocenters. The number of nitrogens with one attached hydrogen (secondary N) is 2. The normalized spacial score (nSPS) is 12.1. The first-order valence-electron chi connectivity index (χ1n) is 14.8. The Morgan fingerprint density at radius 3 is 1.76 bits per heavy atom. The second-order valence-electron chi connectivity index (χ2n) is 10.9. The molecule has 0 fully saturated rings. The van der Waals surface area contributed by atoms with Crippen LogP contribution in [0.4, 0.5) is 10.6 Å². The molecular weight excluding hydrogens is 562 g/mol. The minimum atomic E-state index is -1.04. The van der Waals surface area contributed by atoms with Crippen LogP contribution in [0.5, 0.6) is 0 Å². The number of hydrogen-bond donors (Lipinski definition) is 3. The van der Waals surface area contributed by atoms with Crippen molar-refractivity contribution in [2.24, 2.45) is 0 Å². The average molecular weight is 596 g/mol. The zero-order valence-electron chi connectivity index (χ0n) is 25.0. The van der Waals surface area contributed by atoms with Gasteiger partial charge in [-0.25, -0.2) is 14.5 Å². The van der Waals surface area contributed by atoms with E-state index < -0.39 is 18.2 Å². The number of fused-ring (bicyclic) bond motifs is 1. The van der Waals surface area contributed by atoms with E-state index in [9.17, 15) is 14.7 Å². The fourth-order valence-electron chi connectivity index (χ4n) is 5.97. The van der Waals surface area contributed by atoms with Crippen molar-refractivity contribution in [1.82, 2.24) is 20.1 Å². The quantitative estimate of drug-likeness (QED) is 0.125. The maximum Gasteiger partial charge on any atom is 0.320 e. The van der Waals surface area contributed by atoms with Crippen molar-refractivity contribution in [2.45, 2.75) is 32.0 Å². The Morgan fingerprint density at radius 1 is 0.800 bits per heavy atom. The molecule has 0 aliphatic rings. The lowest BCUT2D eigenvalue weighted by Crippen LogP contribution is -2.38. The number of rotatable bonds is 9. The third kappa shape index (κ3) is 5.47. The molecule has 2 amide bonds. The van der Waals surface area contributed by atoms with Gasteiger partial charge in [-0.2, -0.15) is 5.10 Å². The van der Waals surface area contributed by atoms with Crippen LogP contribution in [0.1, 0.15) is 58.3 Å². The van der Waals surface area contributed by atoms with Gasteiger partial charge in [0, 0.05) is 13.0 Å². The first kappa shape index (κ1) is 29.5. The van der Waals surface area contributed by atoms with E-state index in [4.69, 9.17) is 5.10 Å². The number of hydrogen-bond acceptors (Lipinski definition) is 5. The zero-order valence-corrected chi connectivity index (χ0v) is 25.0. The highest BCUT2D eigenvalue weighted by Crippen LogP contribution is 2.43. The molecule has 0 spiro atoms. The molecule has 0 radical (unpaired) electrons. The van der Waals surface area contributed by atoms with E-state index in [1.807, 2.05) is 133 Å². The summed E-state index contributed by atoms with van der Waals surface area (Å²) < 4.78 is 1.83. The predicted molar refractivity (Wildman–Crippen MR) is 175 cm³/mol. The summed E-state index contributed by atoms with van der Waals surface area (Å²) in [7, 11) is 0. The largest absolute Gasteiger partial charge is 0.390 e. The standard InChI is InChI=1S/C37H33N5O3/c1-25(27-15-7-3-8-16-27)38-36(45)40-33-23-32-34(31(24-43)39-33)35(26(2)44)41-42(32)37(28-17-9-4-10-18-28,29-19-11-5-12-20-29)30-21-13-6-14-22-30/h3-23,25,43H,24H2,1-2H3,(H2,38,39,40,45)/t25-/m1/s1. The van der Waals surface area contributed by atoms with Crippen LogP contribution >= 0.6 is 0 Å². The lowest BCUT2D eigenvalue weighted by Gasteiger charge is -2.37. The number of Topliss-reactive ketones (excluding diaryl/α,β-unsaturated/α-hetero) is 1. The number of benzene rings is 4. The number of aliphatic hydroxyl groups excluding tert-OH is 1. The molecule has 8 nitrogen and oxygen atoms in total. The van der Waals surface area contributed by atoms with Gasteiger partial charge in [0.25, 0.3) is 0 Å². The van der Waals surface area contributed by atoms with Gasteiger partial charge in [0.05, 0.1) is 29.2 Å². The van der Waals surface area contributed by atoms with Gasteiger partial charge in [-0.15, -0.1) is 0 Å². The molecule has 1 atom stereocenters. The third-order valence-electron chi connectivity index (χ3n) is 8.00. The Labute approximate surface area is 261 Å². The Balaban J connectivity index is 1.60. The lowest BCUT2D eigenvalue weighted by atomic mass is 9.77. The van der Waals surface area contributed by atoms with Gasteiger partial charge in [0.1, 0.15) is 17.1 Å². The van der Waals surface area contributed by atoms with Gasteiger partial charge < -0.3 is 10.4 Å². The number of nitrogens with zero attached hydrogens (tertiary/aromatic N) is 3. The third-order valence-corrected chi connectivity index (χ3v) is 8.00. The highest BCUT2D eigenvalue weighted by molar-refractivity contribution is 6.07. The van der Waals surface area contributed by atoms with Crippen molar-refractivity contribution in [3.63, 3.8) is 0 Å². The Kier molecular flexibility index (Phi) is 8.22. The number of carbonyl (C=O) groups excluding carboxylic acids is 2. The SMILES string of the molecule is CC(=O)c1nn(C(c2ccccc2)(c2ccccc2)c2ccccc2)c2cc(NC(=O)N[C@H](C)c3ccccc3)nc(CO)c12. The molecule has 224 valence electrons. The summed E-state index contributed by atoms with van der Waals surface area (Å²) >= 11 is 0. The number of pyridine rings is 1. The van der Waals surface area contributed by atoms with E-state index in [1.165, 1.54) is 6.92 Å². The molecular formula is C37H33N5O3. The van der Waals surface area contributed by atoms with Gasteiger partial charge >= 0.3 is 6.03 Å². The van der Waals surface area contributed by atoms with Gasteiger partial charge in [0.15, 0.2) is 5.78 Å². The fourth-order valence-corrected chi connectivity index (χ4v) is 5.97. The average Bonchev–Trinajstić information content (AvgIpc) is 3.47. The van der Waals surface area contributed by atoms with Gasteiger partial charge in [-0.3, -0.25) is 10.1 Å². The predicted octanol–water partition coefficient (Wildman–Crippen LogP) is 6.85. The molecule has 3 N–H and O–H groups in total. The molecule has 8 heteroatoms. The Morgan fingerprint density at radius 2 is 1.29 bits per heavy atom. The van der Waals surface area contributed by atoms with Crippen LogP contribution in [0.3, 0.4) is 0 Å². The van der Waals surface area contributed by atoms with E-state index in [2.05, 4.69) is 15.6 Å². The lowest BCUT2D eigenvalue weighted by molar-refractivity contribution is 0.101. The summed E-state index contributed by atoms with van der Waals surface area (Å²) in [6, 6.07) is 40.5. The number of ketones is 1. The highest BCUT2D eigenvalue weighted by Gasteiger charge is 2.41. The van der Waals surface area contributed by atoms with Crippen LogP contribution in [-0.4, -0.2) is 31.7 Å². The first-order valence-corrected chi connectivity index (χ1v) is 14.8. The van der Waals surface area contributed by atoms with Crippen LogP contribution in [0.2, 0.25) is 0 Å². The zero-order chi connectivity index (χ0) is 31.4. The Bertz CT molecular complexity index is 1850. The highest BCUT2D eigenvalue weighted by atomic mass is 16.3. The van der Waals surface area contributed by atoms with Gasteiger partial charge in [-0.05, 0) is 29.2 Å². The molecule has 0 bridgehead atoms. The maximum atomic E-state index is 13.2. The fraction of sp³-hybridized carbons (Fsp3) is 0.135. The number of carbonyl (C=O) groups is 2. The van der Waals surface area contributed by atoms with Crippen molar-refractivity contribution in [1.29, 1.82) is 0 Å². The first-order chi connectivity index (χ1) is 21.9. The van der Waals surface area contributed by atoms with Crippen molar-refractivity contribution < 1.29 is 14.7 Å². The molecule has 4 aromatic carbocycles. The van der Waals surface area contributed by atoms with Gasteiger partial charge in [-0.1, -0.05) is 121 Å². The molecule has 0 aliphatic heterocycles. The minimum Gasteiger partial charge on any atom is -0.390 e. The molecule has 45 heavy (non-hydrogen) atoms. The molecule has 6 aromatic rings. The maximum absolute atomic E-state index is 13.2. The summed E-state index contributed by atoms with van der Waals surface area (Å²) in [4.78, 5) is 30.9. The van der Waals surface area contributed by atoms with E-state index in [1.54, 1.807) is 6.07 Å². The monoisotopic (exact) mass is 595 g/mol. The van der Waals surface area contributed by atoms with Crippen LogP contribution < -0.4 is 10.6 Å². The van der Waals surface area contributed by atoms with E-state index in [-0.39, 0.29) is 29.0 Å². The molecule has 0 saturated heterocycles. The van der Waals surface area contributed by atoms with Crippen LogP contribution in [0.15, 0.2) is 127 Å². The van der Waals surface area contributed by atoms with Crippen LogP contribution in [0, 0.1) is 0 Å². The number of aromatic nitrogens is 3. The summed E-state index contributed by atoms with van der Waals surface area (Å²) in [5.41, 5.74) is 3.60. The molecule has 0 aliphatic carbocycles. The molecule has 2 heterocycles. The van der Waals surface area contributed by atoms with Crippen molar-refractivity contribution >= 4 is 28.5 Å². The second-order valence-corrected chi connectivity index (χ2v) is 10.9. The molecule has 2 aromatic heterocycles. The van der Waals surface area contributed by atoms with Crippen LogP contribution in [-0.2, 0) is 12.1 Å². The number of amides is 2. The second kappa shape index (κ2) is 12.6. The smallest absolute Gasteiger partial charge is 0.320 e. The summed E-state index contributed by atoms with van der Waals surface area (Å²) in [6.07, 6.45) is 0. The number of aliphatic hydroxyl groups is 1. The molecule has 6 rings (SSSR count). The summed E-state index contributed by atoms with van der Waals surface area (Å²) in [5, 5.41) is 21.7. The van der Waals surface area contributed by atoms with E-state index in [0.29, 0.717) is 10.9 Å².